The summed E-state index contributed by atoms with van der Waals surface area (Å²) in [5.41, 5.74) is 7.01. The van der Waals surface area contributed by atoms with Gasteiger partial charge in [-0.25, -0.2) is 0 Å². The molecule has 0 fully saturated rings. The summed E-state index contributed by atoms with van der Waals surface area (Å²) in [4.78, 5) is 11.9. The van der Waals surface area contributed by atoms with Crippen molar-refractivity contribution in [1.29, 1.82) is 5.26 Å². The van der Waals surface area contributed by atoms with Crippen molar-refractivity contribution in [3.8, 4) is 6.07 Å². The fraction of sp³-hybridized carbons (Fsp3) is 0.214. The average Bonchev–Trinajstić information content (AvgIpc) is 2.72. The molecule has 1 aromatic carbocycles. The first-order valence-corrected chi connectivity index (χ1v) is 6.62. The van der Waals surface area contributed by atoms with E-state index in [4.69, 9.17) is 16.9 Å². The number of nitrogens with one attached hydrogen (secondary N) is 2. The van der Waals surface area contributed by atoms with Crippen LogP contribution in [0.15, 0.2) is 24.3 Å². The van der Waals surface area contributed by atoms with Crippen LogP contribution in [0.3, 0.4) is 0 Å². The SMILES string of the molecule is Cc1nn(C)c(NNC(=O)Cc2ccccc2Cl)c1C#N. The molecule has 0 aliphatic carbocycles. The van der Waals surface area contributed by atoms with Gasteiger partial charge in [0, 0.05) is 12.1 Å². The lowest BCUT2D eigenvalue weighted by atomic mass is 10.1. The van der Waals surface area contributed by atoms with Gasteiger partial charge in [-0.3, -0.25) is 20.3 Å². The van der Waals surface area contributed by atoms with Gasteiger partial charge in [0.15, 0.2) is 5.82 Å². The van der Waals surface area contributed by atoms with Crippen LogP contribution in [0.4, 0.5) is 5.82 Å². The number of hydrogen-bond donors (Lipinski definition) is 2. The van der Waals surface area contributed by atoms with Crippen LogP contribution in [0, 0.1) is 18.3 Å². The molecule has 2 rings (SSSR count). The molecule has 6 nitrogen and oxygen atoms in total. The normalized spacial score (nSPS) is 10.0. The van der Waals surface area contributed by atoms with Crippen LogP contribution in [-0.4, -0.2) is 15.7 Å². The van der Waals surface area contributed by atoms with Gasteiger partial charge >= 0.3 is 0 Å². The van der Waals surface area contributed by atoms with E-state index in [-0.39, 0.29) is 12.3 Å². The maximum Gasteiger partial charge on any atom is 0.242 e. The van der Waals surface area contributed by atoms with Crippen molar-refractivity contribution in [3.63, 3.8) is 0 Å². The third kappa shape index (κ3) is 3.33. The Balaban J connectivity index is 2.03. The summed E-state index contributed by atoms with van der Waals surface area (Å²) in [5.74, 6) is 0.188. The first-order chi connectivity index (χ1) is 10.0. The quantitative estimate of drug-likeness (QED) is 0.846. The number of hydrogen-bond acceptors (Lipinski definition) is 4. The highest BCUT2D eigenvalue weighted by Crippen LogP contribution is 2.17. The van der Waals surface area contributed by atoms with Crippen LogP contribution < -0.4 is 10.9 Å². The number of hydrazine groups is 1. The summed E-state index contributed by atoms with van der Waals surface area (Å²) in [5, 5.41) is 13.7. The van der Waals surface area contributed by atoms with Crippen LogP contribution >= 0.6 is 11.6 Å². The standard InChI is InChI=1S/C14H14ClN5O/c1-9-11(8-16)14(20(2)19-9)18-17-13(21)7-10-5-3-4-6-12(10)15/h3-6,18H,7H2,1-2H3,(H,17,21). The topological polar surface area (TPSA) is 82.7 Å². The van der Waals surface area contributed by atoms with E-state index >= 15 is 0 Å². The number of carbonyl (C=O) groups is 1. The van der Waals surface area contributed by atoms with Crippen LogP contribution in [0.25, 0.3) is 0 Å². The van der Waals surface area contributed by atoms with Crippen LogP contribution in [0.5, 0.6) is 0 Å². The Bertz CT molecular complexity index is 717. The van der Waals surface area contributed by atoms with Gasteiger partial charge in [-0.05, 0) is 18.6 Å². The van der Waals surface area contributed by atoms with E-state index in [1.54, 1.807) is 32.2 Å². The molecule has 0 saturated heterocycles. The third-order valence-electron chi connectivity index (χ3n) is 2.96. The van der Waals surface area contributed by atoms with Gasteiger partial charge in [0.1, 0.15) is 11.6 Å². The second-order valence-corrected chi connectivity index (χ2v) is 4.89. The van der Waals surface area contributed by atoms with Crippen molar-refractivity contribution in [2.24, 2.45) is 7.05 Å². The average molecular weight is 304 g/mol. The zero-order chi connectivity index (χ0) is 15.4. The van der Waals surface area contributed by atoms with Crippen molar-refractivity contribution in [3.05, 3.63) is 46.1 Å². The van der Waals surface area contributed by atoms with E-state index in [2.05, 4.69) is 16.0 Å². The van der Waals surface area contributed by atoms with E-state index in [0.717, 1.165) is 5.56 Å². The minimum absolute atomic E-state index is 0.144. The van der Waals surface area contributed by atoms with E-state index in [1.807, 2.05) is 12.1 Å². The molecule has 0 spiro atoms. The number of halogens is 1. The number of nitriles is 1. The monoisotopic (exact) mass is 303 g/mol. The highest BCUT2D eigenvalue weighted by molar-refractivity contribution is 6.31. The summed E-state index contributed by atoms with van der Waals surface area (Å²) in [6.07, 6.45) is 0.144. The Morgan fingerprint density at radius 2 is 2.19 bits per heavy atom. The van der Waals surface area contributed by atoms with Crippen LogP contribution in [-0.2, 0) is 18.3 Å². The minimum atomic E-state index is -0.258. The van der Waals surface area contributed by atoms with Gasteiger partial charge in [-0.15, -0.1) is 0 Å². The second kappa shape index (κ2) is 6.29. The first kappa shape index (κ1) is 14.9. The molecule has 7 heteroatoms. The number of benzene rings is 1. The van der Waals surface area contributed by atoms with Gasteiger partial charge in [-0.1, -0.05) is 29.8 Å². The van der Waals surface area contributed by atoms with E-state index in [1.165, 1.54) is 4.68 Å². The number of aromatic nitrogens is 2. The molecule has 1 heterocycles. The Labute approximate surface area is 127 Å². The molecule has 2 aromatic rings. The number of rotatable bonds is 4. The molecule has 0 unspecified atom stereocenters. The highest BCUT2D eigenvalue weighted by Gasteiger charge is 2.13. The van der Waals surface area contributed by atoms with Crippen molar-refractivity contribution in [1.82, 2.24) is 15.2 Å². The molecule has 0 radical (unpaired) electrons. The molecular weight excluding hydrogens is 290 g/mol. The predicted molar refractivity (Wildman–Crippen MR) is 79.6 cm³/mol. The fourth-order valence-electron chi connectivity index (χ4n) is 1.92. The number of amides is 1. The molecule has 0 bridgehead atoms. The molecule has 2 N–H and O–H groups in total. The lowest BCUT2D eigenvalue weighted by Gasteiger charge is -2.09. The number of carbonyl (C=O) groups excluding carboxylic acids is 1. The summed E-state index contributed by atoms with van der Waals surface area (Å²) in [7, 11) is 1.69. The third-order valence-corrected chi connectivity index (χ3v) is 3.33. The zero-order valence-corrected chi connectivity index (χ0v) is 12.4. The Morgan fingerprint density at radius 1 is 1.48 bits per heavy atom. The maximum atomic E-state index is 11.9. The molecule has 0 saturated carbocycles. The molecule has 0 aliphatic heterocycles. The molecule has 1 aromatic heterocycles. The number of aryl methyl sites for hydroxylation is 2. The fourth-order valence-corrected chi connectivity index (χ4v) is 2.13. The Hall–Kier alpha value is -2.52. The van der Waals surface area contributed by atoms with Crippen molar-refractivity contribution in [2.45, 2.75) is 13.3 Å². The smallest absolute Gasteiger partial charge is 0.242 e. The number of anilines is 1. The largest absolute Gasteiger partial charge is 0.281 e. The Morgan fingerprint density at radius 3 is 2.86 bits per heavy atom. The molecular formula is C14H14ClN5O. The van der Waals surface area contributed by atoms with Crippen molar-refractivity contribution >= 4 is 23.3 Å². The van der Waals surface area contributed by atoms with E-state index in [9.17, 15) is 4.79 Å². The second-order valence-electron chi connectivity index (χ2n) is 4.49. The Kier molecular flexibility index (Phi) is 4.45. The number of nitrogens with zero attached hydrogens (tertiary/aromatic N) is 3. The van der Waals surface area contributed by atoms with Crippen LogP contribution in [0.1, 0.15) is 16.8 Å². The summed E-state index contributed by atoms with van der Waals surface area (Å²) >= 11 is 6.00. The first-order valence-electron chi connectivity index (χ1n) is 6.25. The predicted octanol–water partition coefficient (Wildman–Crippen LogP) is 1.94. The van der Waals surface area contributed by atoms with E-state index in [0.29, 0.717) is 22.1 Å². The lowest BCUT2D eigenvalue weighted by Crippen LogP contribution is -2.32. The van der Waals surface area contributed by atoms with Gasteiger partial charge in [0.2, 0.25) is 5.91 Å². The summed E-state index contributed by atoms with van der Waals surface area (Å²) in [6, 6.07) is 9.19. The highest BCUT2D eigenvalue weighted by atomic mass is 35.5. The van der Waals surface area contributed by atoms with E-state index < -0.39 is 0 Å². The molecule has 108 valence electrons. The molecule has 21 heavy (non-hydrogen) atoms. The molecule has 0 aliphatic rings. The summed E-state index contributed by atoms with van der Waals surface area (Å²) < 4.78 is 1.50. The maximum absolute atomic E-state index is 11.9. The van der Waals surface area contributed by atoms with Crippen LogP contribution in [0.2, 0.25) is 5.02 Å². The van der Waals surface area contributed by atoms with Crippen molar-refractivity contribution < 1.29 is 4.79 Å². The summed E-state index contributed by atoms with van der Waals surface area (Å²) in [6.45, 7) is 1.73. The van der Waals surface area contributed by atoms with Gasteiger partial charge in [0.25, 0.3) is 0 Å². The molecule has 1 amide bonds. The minimum Gasteiger partial charge on any atom is -0.281 e. The van der Waals surface area contributed by atoms with Gasteiger partial charge in [0.05, 0.1) is 12.1 Å². The lowest BCUT2D eigenvalue weighted by molar-refractivity contribution is -0.119. The van der Waals surface area contributed by atoms with Gasteiger partial charge in [-0.2, -0.15) is 10.4 Å². The molecule has 0 atom stereocenters. The van der Waals surface area contributed by atoms with Gasteiger partial charge < -0.3 is 0 Å². The van der Waals surface area contributed by atoms with Crippen molar-refractivity contribution in [2.75, 3.05) is 5.43 Å². The zero-order valence-electron chi connectivity index (χ0n) is 11.6.